The van der Waals surface area contributed by atoms with Gasteiger partial charge in [-0.05, 0) is 0 Å². The predicted octanol–water partition coefficient (Wildman–Crippen LogP) is 0.922. The standard InChI is InChI=1S/C5H9ClNO4P/c6-12(9,10)11-7-3-1-5(8)2-4-7/h1-4H2,(H,9,10). The number of ketones is 1. The van der Waals surface area contributed by atoms with Crippen LogP contribution in [0.25, 0.3) is 0 Å². The molecular weight excluding hydrogens is 204 g/mol. The molecule has 0 radical (unpaired) electrons. The Hall–Kier alpha value is 0.0700. The number of hydrogen-bond acceptors (Lipinski definition) is 4. The molecule has 1 unspecified atom stereocenters. The Bertz CT molecular complexity index is 217. The van der Waals surface area contributed by atoms with Crippen LogP contribution in [0, 0.1) is 0 Å². The van der Waals surface area contributed by atoms with Crippen molar-refractivity contribution in [3.63, 3.8) is 0 Å². The molecule has 70 valence electrons. The fourth-order valence-corrected chi connectivity index (χ4v) is 1.67. The van der Waals surface area contributed by atoms with Gasteiger partial charge >= 0.3 is 6.95 Å². The van der Waals surface area contributed by atoms with Crippen molar-refractivity contribution in [2.75, 3.05) is 13.1 Å². The molecule has 1 fully saturated rings. The molecule has 1 rings (SSSR count). The van der Waals surface area contributed by atoms with Gasteiger partial charge in [-0.15, -0.1) is 0 Å². The zero-order valence-corrected chi connectivity index (χ0v) is 7.92. The van der Waals surface area contributed by atoms with Crippen molar-refractivity contribution in [1.82, 2.24) is 5.06 Å². The number of rotatable bonds is 2. The fourth-order valence-electron chi connectivity index (χ4n) is 0.960. The van der Waals surface area contributed by atoms with Crippen LogP contribution in [-0.2, 0) is 14.0 Å². The molecule has 0 aromatic carbocycles. The summed E-state index contributed by atoms with van der Waals surface area (Å²) in [5.74, 6) is 0.136. The van der Waals surface area contributed by atoms with Crippen LogP contribution >= 0.6 is 18.2 Å². The third-order valence-electron chi connectivity index (χ3n) is 1.50. The molecule has 7 heteroatoms. The topological polar surface area (TPSA) is 66.8 Å². The van der Waals surface area contributed by atoms with E-state index in [2.05, 4.69) is 4.62 Å². The van der Waals surface area contributed by atoms with Gasteiger partial charge in [0, 0.05) is 37.2 Å². The van der Waals surface area contributed by atoms with E-state index in [0.717, 1.165) is 0 Å². The minimum atomic E-state index is -3.97. The second-order valence-electron chi connectivity index (χ2n) is 2.50. The maximum atomic E-state index is 10.7. The van der Waals surface area contributed by atoms with E-state index in [1.54, 1.807) is 0 Å². The lowest BCUT2D eigenvalue weighted by Crippen LogP contribution is -2.32. The maximum absolute atomic E-state index is 10.7. The number of halogens is 1. The van der Waals surface area contributed by atoms with Crippen molar-refractivity contribution < 1.29 is 18.9 Å². The molecule has 0 saturated carbocycles. The van der Waals surface area contributed by atoms with Gasteiger partial charge in [-0.3, -0.25) is 4.79 Å². The van der Waals surface area contributed by atoms with E-state index < -0.39 is 6.95 Å². The number of hydroxylamine groups is 2. The van der Waals surface area contributed by atoms with Crippen LogP contribution in [0.3, 0.4) is 0 Å². The van der Waals surface area contributed by atoms with Gasteiger partial charge in [0.25, 0.3) is 0 Å². The average molecular weight is 214 g/mol. The summed E-state index contributed by atoms with van der Waals surface area (Å²) in [5, 5.41) is 1.25. The van der Waals surface area contributed by atoms with E-state index in [9.17, 15) is 9.36 Å². The van der Waals surface area contributed by atoms with Gasteiger partial charge in [-0.2, -0.15) is 5.06 Å². The third kappa shape index (κ3) is 3.65. The predicted molar refractivity (Wildman–Crippen MR) is 42.6 cm³/mol. The minimum Gasteiger partial charge on any atom is -0.312 e. The molecule has 1 saturated heterocycles. The second-order valence-corrected chi connectivity index (χ2v) is 4.85. The van der Waals surface area contributed by atoms with Gasteiger partial charge in [0.2, 0.25) is 0 Å². The highest BCUT2D eigenvalue weighted by Gasteiger charge is 2.24. The van der Waals surface area contributed by atoms with E-state index in [-0.39, 0.29) is 5.78 Å². The molecule has 0 aromatic heterocycles. The molecule has 1 N–H and O–H groups in total. The van der Waals surface area contributed by atoms with Gasteiger partial charge < -0.3 is 4.89 Å². The summed E-state index contributed by atoms with van der Waals surface area (Å²) in [7, 11) is 0. The van der Waals surface area contributed by atoms with Crippen LogP contribution in [0.15, 0.2) is 0 Å². The molecule has 1 heterocycles. The molecule has 0 bridgehead atoms. The lowest BCUT2D eigenvalue weighted by atomic mass is 10.1. The van der Waals surface area contributed by atoms with Gasteiger partial charge in [-0.1, -0.05) is 0 Å². The van der Waals surface area contributed by atoms with Crippen molar-refractivity contribution >= 4 is 24.0 Å². The molecule has 0 amide bonds. The molecule has 1 aliphatic heterocycles. The van der Waals surface area contributed by atoms with Crippen LogP contribution < -0.4 is 0 Å². The summed E-state index contributed by atoms with van der Waals surface area (Å²) >= 11 is 4.97. The van der Waals surface area contributed by atoms with Gasteiger partial charge in [0.15, 0.2) is 0 Å². The van der Waals surface area contributed by atoms with Crippen LogP contribution in [0.4, 0.5) is 0 Å². The molecule has 0 aliphatic carbocycles. The van der Waals surface area contributed by atoms with Gasteiger partial charge in [0.1, 0.15) is 5.78 Å². The first kappa shape index (κ1) is 10.2. The highest BCUT2D eigenvalue weighted by atomic mass is 35.7. The number of nitrogens with zero attached hydrogens (tertiary/aromatic N) is 1. The average Bonchev–Trinajstić information content (AvgIpc) is 1.91. The van der Waals surface area contributed by atoms with Gasteiger partial charge in [-0.25, -0.2) is 9.19 Å². The monoisotopic (exact) mass is 213 g/mol. The summed E-state index contributed by atoms with van der Waals surface area (Å²) in [6.07, 6.45) is 0.688. The Morgan fingerprint density at radius 2 is 2.00 bits per heavy atom. The van der Waals surface area contributed by atoms with E-state index in [1.165, 1.54) is 5.06 Å². The smallest absolute Gasteiger partial charge is 0.312 e. The Labute approximate surface area is 74.5 Å². The lowest BCUT2D eigenvalue weighted by molar-refractivity contribution is -0.132. The Kier molecular flexibility index (Phi) is 3.26. The van der Waals surface area contributed by atoms with Crippen molar-refractivity contribution in [2.45, 2.75) is 12.8 Å². The number of carbonyl (C=O) groups is 1. The number of carbonyl (C=O) groups excluding carboxylic acids is 1. The highest BCUT2D eigenvalue weighted by molar-refractivity contribution is 7.80. The highest BCUT2D eigenvalue weighted by Crippen LogP contribution is 2.48. The van der Waals surface area contributed by atoms with Crippen molar-refractivity contribution in [3.8, 4) is 0 Å². The molecule has 12 heavy (non-hydrogen) atoms. The first-order chi connectivity index (χ1) is 5.47. The summed E-state index contributed by atoms with van der Waals surface area (Å²) in [5.41, 5.74) is 0. The fraction of sp³-hybridized carbons (Fsp3) is 0.800. The van der Waals surface area contributed by atoms with Crippen LogP contribution in [0.2, 0.25) is 0 Å². The molecule has 0 spiro atoms. The summed E-state index contributed by atoms with van der Waals surface area (Å²) in [6.45, 7) is -3.31. The van der Waals surface area contributed by atoms with Crippen LogP contribution in [-0.4, -0.2) is 28.8 Å². The first-order valence-corrected chi connectivity index (χ1v) is 5.94. The largest absolute Gasteiger partial charge is 0.438 e. The normalized spacial score (nSPS) is 25.3. The summed E-state index contributed by atoms with van der Waals surface area (Å²) in [6, 6.07) is 0. The Morgan fingerprint density at radius 3 is 2.42 bits per heavy atom. The molecular formula is C5H9ClNO4P. The van der Waals surface area contributed by atoms with Gasteiger partial charge in [0.05, 0.1) is 0 Å². The van der Waals surface area contributed by atoms with E-state index in [4.69, 9.17) is 16.1 Å². The third-order valence-corrected chi connectivity index (χ3v) is 2.11. The van der Waals surface area contributed by atoms with Crippen LogP contribution in [0.1, 0.15) is 12.8 Å². The van der Waals surface area contributed by atoms with Crippen molar-refractivity contribution in [3.05, 3.63) is 0 Å². The number of hydrogen-bond donors (Lipinski definition) is 1. The lowest BCUT2D eigenvalue weighted by Gasteiger charge is -2.24. The van der Waals surface area contributed by atoms with Crippen LogP contribution in [0.5, 0.6) is 0 Å². The zero-order valence-electron chi connectivity index (χ0n) is 6.27. The van der Waals surface area contributed by atoms with Crippen molar-refractivity contribution in [2.24, 2.45) is 0 Å². The molecule has 1 atom stereocenters. The quantitative estimate of drug-likeness (QED) is 0.691. The maximum Gasteiger partial charge on any atom is 0.438 e. The second kappa shape index (κ2) is 3.85. The Morgan fingerprint density at radius 1 is 1.50 bits per heavy atom. The summed E-state index contributed by atoms with van der Waals surface area (Å²) < 4.78 is 15.0. The SMILES string of the molecule is O=C1CCN(OP(=O)(O)Cl)CC1. The van der Waals surface area contributed by atoms with E-state index in [0.29, 0.717) is 25.9 Å². The first-order valence-electron chi connectivity index (χ1n) is 3.46. The molecule has 1 aliphatic rings. The Balaban J connectivity index is 2.36. The minimum absolute atomic E-state index is 0.136. The summed E-state index contributed by atoms with van der Waals surface area (Å²) in [4.78, 5) is 19.3. The van der Waals surface area contributed by atoms with E-state index >= 15 is 0 Å². The van der Waals surface area contributed by atoms with Crippen molar-refractivity contribution in [1.29, 1.82) is 0 Å². The van der Waals surface area contributed by atoms with E-state index in [1.807, 2.05) is 0 Å². The number of Topliss-reactive ketones (excluding diaryl/α,β-unsaturated/α-hetero) is 1. The molecule has 5 nitrogen and oxygen atoms in total. The number of piperidine rings is 1. The zero-order chi connectivity index (χ0) is 9.19. The molecule has 0 aromatic rings.